The number of oxime groups is 2. The topological polar surface area (TPSA) is 80.5 Å². The number of carboxylic acids is 1. The van der Waals surface area contributed by atoms with Crippen molar-refractivity contribution in [1.82, 2.24) is 0 Å². The summed E-state index contributed by atoms with van der Waals surface area (Å²) in [5, 5.41) is 17.3. The second kappa shape index (κ2) is 12.4. The number of carbonyl (C=O) groups is 1. The molecule has 0 amide bonds. The zero-order valence-electron chi connectivity index (χ0n) is 17.9. The molecule has 0 atom stereocenters. The van der Waals surface area contributed by atoms with E-state index < -0.39 is 5.97 Å². The SMILES string of the molecule is C/C(=N\OCCCCO/N=C(/CCC(=O)O)c1ccccc1)c1ccc(C)c(C)c1. The van der Waals surface area contributed by atoms with E-state index >= 15 is 0 Å². The second-order valence-corrected chi connectivity index (χ2v) is 7.15. The highest BCUT2D eigenvalue weighted by atomic mass is 16.6. The molecule has 0 fully saturated rings. The van der Waals surface area contributed by atoms with E-state index in [-0.39, 0.29) is 6.42 Å². The minimum atomic E-state index is -0.854. The van der Waals surface area contributed by atoms with Gasteiger partial charge in [-0.1, -0.05) is 52.8 Å². The average molecular weight is 411 g/mol. The Morgan fingerprint density at radius 3 is 2.17 bits per heavy atom. The highest BCUT2D eigenvalue weighted by molar-refractivity contribution is 6.01. The summed E-state index contributed by atoms with van der Waals surface area (Å²) in [4.78, 5) is 21.7. The third-order valence-corrected chi connectivity index (χ3v) is 4.70. The van der Waals surface area contributed by atoms with Crippen LogP contribution in [0.4, 0.5) is 0 Å². The van der Waals surface area contributed by atoms with Gasteiger partial charge in [0.15, 0.2) is 0 Å². The molecule has 0 radical (unpaired) electrons. The number of benzene rings is 2. The zero-order chi connectivity index (χ0) is 21.8. The summed E-state index contributed by atoms with van der Waals surface area (Å²) in [6.45, 7) is 7.04. The van der Waals surface area contributed by atoms with Crippen LogP contribution in [0, 0.1) is 13.8 Å². The van der Waals surface area contributed by atoms with Gasteiger partial charge in [-0.05, 0) is 61.9 Å². The Morgan fingerprint density at radius 2 is 1.53 bits per heavy atom. The minimum absolute atomic E-state index is 0.0167. The van der Waals surface area contributed by atoms with E-state index in [0.29, 0.717) is 25.3 Å². The van der Waals surface area contributed by atoms with Gasteiger partial charge in [-0.3, -0.25) is 4.79 Å². The molecule has 2 aromatic carbocycles. The van der Waals surface area contributed by atoms with Crippen LogP contribution in [0.2, 0.25) is 0 Å². The summed E-state index contributed by atoms with van der Waals surface area (Å²) in [5.41, 5.74) is 5.92. The van der Waals surface area contributed by atoms with Gasteiger partial charge < -0.3 is 14.8 Å². The van der Waals surface area contributed by atoms with Crippen molar-refractivity contribution in [3.8, 4) is 0 Å². The molecular formula is C24H30N2O4. The van der Waals surface area contributed by atoms with Crippen molar-refractivity contribution < 1.29 is 19.6 Å². The maximum Gasteiger partial charge on any atom is 0.303 e. The normalized spacial score (nSPS) is 12.0. The van der Waals surface area contributed by atoms with Crippen LogP contribution in [-0.4, -0.2) is 35.7 Å². The van der Waals surface area contributed by atoms with Gasteiger partial charge in [-0.2, -0.15) is 0 Å². The van der Waals surface area contributed by atoms with Gasteiger partial charge in [0, 0.05) is 6.42 Å². The van der Waals surface area contributed by atoms with Gasteiger partial charge in [-0.25, -0.2) is 0 Å². The molecule has 0 bridgehead atoms. The Bertz CT molecular complexity index is 876. The monoisotopic (exact) mass is 410 g/mol. The summed E-state index contributed by atoms with van der Waals surface area (Å²) < 4.78 is 0. The molecule has 0 aliphatic rings. The van der Waals surface area contributed by atoms with Crippen LogP contribution in [0.25, 0.3) is 0 Å². The summed E-state index contributed by atoms with van der Waals surface area (Å²) in [6.07, 6.45) is 1.90. The molecule has 30 heavy (non-hydrogen) atoms. The van der Waals surface area contributed by atoms with Crippen LogP contribution >= 0.6 is 0 Å². The maximum atomic E-state index is 10.9. The van der Waals surface area contributed by atoms with E-state index in [1.165, 1.54) is 11.1 Å². The number of carboxylic acid groups (broad SMARTS) is 1. The van der Waals surface area contributed by atoms with E-state index in [0.717, 1.165) is 29.7 Å². The van der Waals surface area contributed by atoms with Gasteiger partial charge in [0.05, 0.1) is 17.8 Å². The van der Waals surface area contributed by atoms with E-state index in [1.807, 2.05) is 43.3 Å². The molecule has 0 saturated carbocycles. The van der Waals surface area contributed by atoms with E-state index in [1.54, 1.807) is 0 Å². The van der Waals surface area contributed by atoms with Crippen molar-refractivity contribution in [3.05, 3.63) is 70.8 Å². The predicted molar refractivity (Wildman–Crippen MR) is 119 cm³/mol. The molecule has 160 valence electrons. The highest BCUT2D eigenvalue weighted by Gasteiger charge is 2.07. The molecule has 0 heterocycles. The molecule has 0 spiro atoms. The van der Waals surface area contributed by atoms with Crippen molar-refractivity contribution >= 4 is 17.4 Å². The Kier molecular flexibility index (Phi) is 9.58. The first-order valence-corrected chi connectivity index (χ1v) is 10.2. The highest BCUT2D eigenvalue weighted by Crippen LogP contribution is 2.11. The summed E-state index contributed by atoms with van der Waals surface area (Å²) in [5.74, 6) is -0.854. The molecule has 6 nitrogen and oxygen atoms in total. The number of aryl methyl sites for hydroxylation is 2. The van der Waals surface area contributed by atoms with Crippen LogP contribution in [0.15, 0.2) is 58.8 Å². The lowest BCUT2D eigenvalue weighted by molar-refractivity contribution is -0.136. The minimum Gasteiger partial charge on any atom is -0.481 e. The fraction of sp³-hybridized carbons (Fsp3) is 0.375. The first-order chi connectivity index (χ1) is 14.5. The maximum absolute atomic E-state index is 10.9. The first kappa shape index (κ1) is 23.1. The van der Waals surface area contributed by atoms with E-state index in [9.17, 15) is 4.79 Å². The Morgan fingerprint density at radius 1 is 0.867 bits per heavy atom. The van der Waals surface area contributed by atoms with Gasteiger partial charge in [0.1, 0.15) is 13.2 Å². The molecule has 2 rings (SSSR count). The Labute approximate surface area is 178 Å². The molecule has 0 aromatic heterocycles. The number of unbranched alkanes of at least 4 members (excludes halogenated alkanes) is 1. The van der Waals surface area contributed by atoms with Gasteiger partial charge >= 0.3 is 5.97 Å². The lowest BCUT2D eigenvalue weighted by atomic mass is 10.0. The second-order valence-electron chi connectivity index (χ2n) is 7.15. The smallest absolute Gasteiger partial charge is 0.303 e. The van der Waals surface area contributed by atoms with Gasteiger partial charge in [-0.15, -0.1) is 0 Å². The summed E-state index contributed by atoms with van der Waals surface area (Å²) in [7, 11) is 0. The Hall–Kier alpha value is -3.15. The van der Waals surface area contributed by atoms with Crippen molar-refractivity contribution in [2.75, 3.05) is 13.2 Å². The zero-order valence-corrected chi connectivity index (χ0v) is 17.9. The van der Waals surface area contributed by atoms with E-state index in [4.69, 9.17) is 14.8 Å². The molecule has 2 aromatic rings. The fourth-order valence-corrected chi connectivity index (χ4v) is 2.72. The molecular weight excluding hydrogens is 380 g/mol. The summed E-state index contributed by atoms with van der Waals surface area (Å²) >= 11 is 0. The predicted octanol–water partition coefficient (Wildman–Crippen LogP) is 5.11. The van der Waals surface area contributed by atoms with Crippen LogP contribution in [0.3, 0.4) is 0 Å². The van der Waals surface area contributed by atoms with Crippen molar-refractivity contribution in [1.29, 1.82) is 0 Å². The molecule has 0 aliphatic carbocycles. The van der Waals surface area contributed by atoms with Gasteiger partial charge in [0.2, 0.25) is 0 Å². The number of hydrogen-bond acceptors (Lipinski definition) is 5. The lowest BCUT2D eigenvalue weighted by Gasteiger charge is -2.07. The molecule has 0 aliphatic heterocycles. The van der Waals surface area contributed by atoms with Crippen molar-refractivity contribution in [2.24, 2.45) is 10.3 Å². The molecule has 1 N–H and O–H groups in total. The van der Waals surface area contributed by atoms with Crippen LogP contribution in [-0.2, 0) is 14.5 Å². The third kappa shape index (κ3) is 8.07. The largest absolute Gasteiger partial charge is 0.481 e. The molecule has 0 saturated heterocycles. The standard InChI is InChI=1S/C24H30N2O4/c1-18-11-12-22(17-19(18)2)20(3)25-29-15-7-8-16-30-26-23(13-14-24(27)28)21-9-5-4-6-10-21/h4-6,9-12,17H,7-8,13-16H2,1-3H3,(H,27,28)/b25-20+,26-23-. The first-order valence-electron chi connectivity index (χ1n) is 10.2. The average Bonchev–Trinajstić information content (AvgIpc) is 2.74. The van der Waals surface area contributed by atoms with Gasteiger partial charge in [0.25, 0.3) is 0 Å². The Balaban J connectivity index is 1.72. The fourth-order valence-electron chi connectivity index (χ4n) is 2.72. The summed E-state index contributed by atoms with van der Waals surface area (Å²) in [6, 6.07) is 15.7. The van der Waals surface area contributed by atoms with Crippen LogP contribution in [0.5, 0.6) is 0 Å². The lowest BCUT2D eigenvalue weighted by Crippen LogP contribution is -2.06. The van der Waals surface area contributed by atoms with Crippen LogP contribution in [0.1, 0.15) is 54.9 Å². The third-order valence-electron chi connectivity index (χ3n) is 4.70. The number of aliphatic carboxylic acids is 1. The van der Waals surface area contributed by atoms with E-state index in [2.05, 4.69) is 36.3 Å². The van der Waals surface area contributed by atoms with Crippen LogP contribution < -0.4 is 0 Å². The molecule has 0 unspecified atom stereocenters. The number of rotatable bonds is 12. The molecule has 6 heteroatoms. The van der Waals surface area contributed by atoms with Crippen molar-refractivity contribution in [2.45, 2.75) is 46.5 Å². The number of nitrogens with zero attached hydrogens (tertiary/aromatic N) is 2. The number of hydrogen-bond donors (Lipinski definition) is 1. The quantitative estimate of drug-likeness (QED) is 0.299. The van der Waals surface area contributed by atoms with Crippen molar-refractivity contribution in [3.63, 3.8) is 0 Å².